The lowest BCUT2D eigenvalue weighted by Gasteiger charge is -2.37. The summed E-state index contributed by atoms with van der Waals surface area (Å²) in [4.78, 5) is 13.4. The number of piperidine rings is 1. The van der Waals surface area contributed by atoms with Gasteiger partial charge in [-0.25, -0.2) is 8.42 Å². The number of carbonyl (C=O) groups is 1. The summed E-state index contributed by atoms with van der Waals surface area (Å²) in [7, 11) is -3.62. The van der Waals surface area contributed by atoms with Crippen molar-refractivity contribution in [3.63, 3.8) is 0 Å². The first-order valence-electron chi connectivity index (χ1n) is 10.9. The van der Waals surface area contributed by atoms with Crippen LogP contribution in [-0.2, 0) is 10.0 Å². The average molecular weight is 443 g/mol. The van der Waals surface area contributed by atoms with Crippen LogP contribution in [0.4, 0.5) is 0 Å². The Morgan fingerprint density at radius 2 is 1.81 bits per heavy atom. The third-order valence-corrected chi connectivity index (χ3v) is 8.11. The number of carbonyl (C=O) groups excluding carboxylic acids is 1. The van der Waals surface area contributed by atoms with Crippen LogP contribution in [0.3, 0.4) is 0 Å². The molecule has 0 aromatic heterocycles. The molecule has 6 nitrogen and oxygen atoms in total. The number of sulfonamides is 1. The zero-order valence-corrected chi connectivity index (χ0v) is 19.2. The Bertz CT molecular complexity index is 1090. The Morgan fingerprint density at radius 1 is 1.10 bits per heavy atom. The molecule has 1 saturated heterocycles. The smallest absolute Gasteiger partial charge is 0.251 e. The van der Waals surface area contributed by atoms with Gasteiger partial charge in [-0.1, -0.05) is 30.7 Å². The molecule has 2 heterocycles. The van der Waals surface area contributed by atoms with E-state index in [2.05, 4.69) is 5.32 Å². The maximum absolute atomic E-state index is 13.2. The van der Waals surface area contributed by atoms with Gasteiger partial charge in [0, 0.05) is 30.6 Å². The van der Waals surface area contributed by atoms with E-state index in [4.69, 9.17) is 4.74 Å². The molecule has 31 heavy (non-hydrogen) atoms. The molecule has 166 valence electrons. The molecule has 2 aliphatic rings. The van der Waals surface area contributed by atoms with Gasteiger partial charge in [-0.2, -0.15) is 4.31 Å². The van der Waals surface area contributed by atoms with Gasteiger partial charge in [-0.15, -0.1) is 0 Å². The third kappa shape index (κ3) is 4.48. The van der Waals surface area contributed by atoms with Crippen LogP contribution in [0, 0.1) is 6.92 Å². The number of amides is 1. The zero-order chi connectivity index (χ0) is 22.2. The predicted octanol–water partition coefficient (Wildman–Crippen LogP) is 4.20. The van der Waals surface area contributed by atoms with Crippen molar-refractivity contribution < 1.29 is 17.9 Å². The summed E-state index contributed by atoms with van der Waals surface area (Å²) in [6, 6.07) is 12.4. The summed E-state index contributed by atoms with van der Waals surface area (Å²) >= 11 is 0. The topological polar surface area (TPSA) is 75.7 Å². The van der Waals surface area contributed by atoms with Gasteiger partial charge in [0.25, 0.3) is 5.91 Å². The Hall–Kier alpha value is -2.38. The maximum Gasteiger partial charge on any atom is 0.251 e. The van der Waals surface area contributed by atoms with Crippen molar-refractivity contribution in [2.24, 2.45) is 0 Å². The highest BCUT2D eigenvalue weighted by molar-refractivity contribution is 7.89. The number of fused-ring (bicyclic) bond motifs is 1. The summed E-state index contributed by atoms with van der Waals surface area (Å²) in [5, 5.41) is 3.10. The molecule has 0 bridgehead atoms. The van der Waals surface area contributed by atoms with E-state index >= 15 is 0 Å². The molecular formula is C24H30N2O4S. The number of hydrogen-bond donors (Lipinski definition) is 1. The molecule has 2 aliphatic heterocycles. The molecule has 2 aromatic rings. The highest BCUT2D eigenvalue weighted by Gasteiger charge is 2.35. The Kier molecular flexibility index (Phi) is 5.83. The molecular weight excluding hydrogens is 412 g/mol. The van der Waals surface area contributed by atoms with Gasteiger partial charge in [-0.05, 0) is 57.4 Å². The van der Waals surface area contributed by atoms with Crippen LogP contribution in [0.5, 0.6) is 5.75 Å². The molecule has 7 heteroatoms. The van der Waals surface area contributed by atoms with E-state index in [1.165, 1.54) is 10.4 Å². The number of nitrogens with one attached hydrogen (secondary N) is 1. The Labute approximate surface area is 184 Å². The molecule has 1 fully saturated rings. The van der Waals surface area contributed by atoms with Crippen LogP contribution in [0.15, 0.2) is 47.4 Å². The second-order valence-corrected chi connectivity index (χ2v) is 11.0. The lowest BCUT2D eigenvalue weighted by atomic mass is 9.89. The summed E-state index contributed by atoms with van der Waals surface area (Å²) in [6.45, 7) is 6.84. The number of benzene rings is 2. The lowest BCUT2D eigenvalue weighted by molar-refractivity contribution is 0.0619. The Morgan fingerprint density at radius 3 is 2.55 bits per heavy atom. The van der Waals surface area contributed by atoms with Gasteiger partial charge in [0.2, 0.25) is 10.0 Å². The van der Waals surface area contributed by atoms with Gasteiger partial charge >= 0.3 is 0 Å². The van der Waals surface area contributed by atoms with Crippen LogP contribution in [0.25, 0.3) is 0 Å². The minimum absolute atomic E-state index is 0.212. The van der Waals surface area contributed by atoms with E-state index in [0.29, 0.717) is 30.6 Å². The highest BCUT2D eigenvalue weighted by Crippen LogP contribution is 2.39. The monoisotopic (exact) mass is 442 g/mol. The second kappa shape index (κ2) is 8.28. The zero-order valence-electron chi connectivity index (χ0n) is 18.3. The molecule has 1 N–H and O–H groups in total. The van der Waals surface area contributed by atoms with E-state index in [1.54, 1.807) is 19.1 Å². The molecule has 1 unspecified atom stereocenters. The standard InChI is InChI=1S/C24H30N2O4S/c1-17-11-12-18(15-22(17)31(28,29)26-13-7-4-8-14-26)23(27)25-20-16-24(2,3)30-21-10-6-5-9-19(20)21/h5-6,9-12,15,20H,4,7-8,13-14,16H2,1-3H3,(H,25,27). The summed E-state index contributed by atoms with van der Waals surface area (Å²) in [5.41, 5.74) is 1.52. The van der Waals surface area contributed by atoms with Crippen LogP contribution >= 0.6 is 0 Å². The average Bonchev–Trinajstić information content (AvgIpc) is 2.73. The number of nitrogens with zero attached hydrogens (tertiary/aromatic N) is 1. The summed E-state index contributed by atoms with van der Waals surface area (Å²) in [6.07, 6.45) is 3.42. The quantitative estimate of drug-likeness (QED) is 0.770. The van der Waals surface area contributed by atoms with Gasteiger partial charge in [0.15, 0.2) is 0 Å². The molecule has 4 rings (SSSR count). The van der Waals surface area contributed by atoms with Gasteiger partial charge in [0.05, 0.1) is 10.9 Å². The minimum atomic E-state index is -3.62. The predicted molar refractivity (Wildman–Crippen MR) is 120 cm³/mol. The van der Waals surface area contributed by atoms with Gasteiger partial charge in [-0.3, -0.25) is 4.79 Å². The second-order valence-electron chi connectivity index (χ2n) is 9.07. The molecule has 0 aliphatic carbocycles. The number of ether oxygens (including phenoxy) is 1. The molecule has 1 atom stereocenters. The first kappa shape index (κ1) is 21.8. The molecule has 0 radical (unpaired) electrons. The van der Waals surface area contributed by atoms with E-state index in [1.807, 2.05) is 38.1 Å². The number of aryl methyl sites for hydroxylation is 1. The fourth-order valence-corrected chi connectivity index (χ4v) is 6.20. The van der Waals surface area contributed by atoms with Gasteiger partial charge < -0.3 is 10.1 Å². The first-order chi connectivity index (χ1) is 14.7. The van der Waals surface area contributed by atoms with E-state index in [-0.39, 0.29) is 16.8 Å². The van der Waals surface area contributed by atoms with E-state index in [0.717, 1.165) is 30.6 Å². The normalized spacial score (nSPS) is 21.1. The van der Waals surface area contributed by atoms with Crippen molar-refractivity contribution in [3.8, 4) is 5.75 Å². The van der Waals surface area contributed by atoms with E-state index in [9.17, 15) is 13.2 Å². The number of para-hydroxylation sites is 1. The Balaban J connectivity index is 1.61. The van der Waals surface area contributed by atoms with Crippen molar-refractivity contribution in [2.45, 2.75) is 63.0 Å². The van der Waals surface area contributed by atoms with Crippen LogP contribution < -0.4 is 10.1 Å². The maximum atomic E-state index is 13.2. The van der Waals surface area contributed by atoms with E-state index < -0.39 is 15.6 Å². The molecule has 0 saturated carbocycles. The van der Waals surface area contributed by atoms with Crippen LogP contribution in [0.2, 0.25) is 0 Å². The summed E-state index contributed by atoms with van der Waals surface area (Å²) < 4.78 is 34.0. The minimum Gasteiger partial charge on any atom is -0.487 e. The molecule has 2 aromatic carbocycles. The number of hydrogen-bond acceptors (Lipinski definition) is 4. The third-order valence-electron chi connectivity index (χ3n) is 6.06. The fourth-order valence-electron chi connectivity index (χ4n) is 4.44. The lowest BCUT2D eigenvalue weighted by Crippen LogP contribution is -2.41. The molecule has 0 spiro atoms. The number of rotatable bonds is 4. The highest BCUT2D eigenvalue weighted by atomic mass is 32.2. The SMILES string of the molecule is Cc1ccc(C(=O)NC2CC(C)(C)Oc3ccccc32)cc1S(=O)(=O)N1CCCCC1. The summed E-state index contributed by atoms with van der Waals surface area (Å²) in [5.74, 6) is 0.480. The van der Waals surface area contributed by atoms with Gasteiger partial charge in [0.1, 0.15) is 11.4 Å². The van der Waals surface area contributed by atoms with Crippen molar-refractivity contribution >= 4 is 15.9 Å². The largest absolute Gasteiger partial charge is 0.487 e. The van der Waals surface area contributed by atoms with Crippen LogP contribution in [0.1, 0.15) is 67.1 Å². The van der Waals surface area contributed by atoms with Crippen molar-refractivity contribution in [2.75, 3.05) is 13.1 Å². The first-order valence-corrected chi connectivity index (χ1v) is 12.3. The van der Waals surface area contributed by atoms with Crippen molar-refractivity contribution in [1.82, 2.24) is 9.62 Å². The molecule has 1 amide bonds. The van der Waals surface area contributed by atoms with Crippen molar-refractivity contribution in [1.29, 1.82) is 0 Å². The fraction of sp³-hybridized carbons (Fsp3) is 0.458. The van der Waals surface area contributed by atoms with Crippen molar-refractivity contribution in [3.05, 3.63) is 59.2 Å². The van der Waals surface area contributed by atoms with Crippen LogP contribution in [-0.4, -0.2) is 37.3 Å².